The van der Waals surface area contributed by atoms with Gasteiger partial charge in [-0.15, -0.1) is 0 Å². The molecule has 20 heavy (non-hydrogen) atoms. The third-order valence-electron chi connectivity index (χ3n) is 5.09. The zero-order chi connectivity index (χ0) is 14.4. The van der Waals surface area contributed by atoms with Crippen LogP contribution in [0, 0.1) is 5.92 Å². The summed E-state index contributed by atoms with van der Waals surface area (Å²) in [5, 5.41) is 0. The number of nitrogens with zero attached hydrogens (tertiary/aromatic N) is 2. The molecule has 0 aromatic rings. The Hall–Kier alpha value is -0.610. The summed E-state index contributed by atoms with van der Waals surface area (Å²) in [7, 11) is 1.90. The van der Waals surface area contributed by atoms with Crippen molar-refractivity contribution in [3.8, 4) is 0 Å². The third-order valence-corrected chi connectivity index (χ3v) is 5.09. The molecule has 2 fully saturated rings. The van der Waals surface area contributed by atoms with E-state index in [1.165, 1.54) is 45.1 Å². The van der Waals surface area contributed by atoms with E-state index in [2.05, 4.69) is 4.90 Å². The smallest absolute Gasteiger partial charge is 0.223 e. The Morgan fingerprint density at radius 2 is 2.00 bits per heavy atom. The number of hydrogen-bond acceptors (Lipinski definition) is 3. The zero-order valence-electron chi connectivity index (χ0n) is 13.0. The molecule has 0 unspecified atom stereocenters. The molecule has 2 rings (SSSR count). The molecule has 1 amide bonds. The van der Waals surface area contributed by atoms with E-state index in [1.807, 2.05) is 11.9 Å². The molecule has 1 aliphatic carbocycles. The van der Waals surface area contributed by atoms with Crippen molar-refractivity contribution in [3.63, 3.8) is 0 Å². The highest BCUT2D eigenvalue weighted by atomic mass is 16.2. The summed E-state index contributed by atoms with van der Waals surface area (Å²) in [6, 6.07) is 0.764. The Morgan fingerprint density at radius 1 is 1.25 bits per heavy atom. The second kappa shape index (κ2) is 7.99. The van der Waals surface area contributed by atoms with Gasteiger partial charge in [-0.2, -0.15) is 0 Å². The predicted molar refractivity (Wildman–Crippen MR) is 82.5 cm³/mol. The minimum Gasteiger partial charge on any atom is -0.346 e. The topological polar surface area (TPSA) is 49.6 Å². The van der Waals surface area contributed by atoms with E-state index in [1.54, 1.807) is 0 Å². The van der Waals surface area contributed by atoms with Crippen LogP contribution in [0.5, 0.6) is 0 Å². The lowest BCUT2D eigenvalue weighted by Crippen LogP contribution is -2.47. The van der Waals surface area contributed by atoms with Crippen LogP contribution >= 0.6 is 0 Å². The fraction of sp³-hybridized carbons (Fsp3) is 0.938. The second-order valence-electron chi connectivity index (χ2n) is 6.50. The molecule has 1 aliphatic heterocycles. The second-order valence-corrected chi connectivity index (χ2v) is 6.50. The van der Waals surface area contributed by atoms with Crippen molar-refractivity contribution in [2.24, 2.45) is 11.7 Å². The summed E-state index contributed by atoms with van der Waals surface area (Å²) in [6.45, 7) is 3.60. The number of hydrogen-bond donors (Lipinski definition) is 1. The van der Waals surface area contributed by atoms with E-state index >= 15 is 0 Å². The standard InChI is InChI=1S/C16H31N3O/c1-18(11-5-10-17)16(20)9-13-19-12-4-7-14-6-2-3-8-15(14)19/h14-15H,2-13,17H2,1H3/t14-,15-/m1/s1. The number of carbonyl (C=O) groups excluding carboxylic acids is 1. The predicted octanol–water partition coefficient (Wildman–Crippen LogP) is 1.84. The maximum Gasteiger partial charge on any atom is 0.223 e. The van der Waals surface area contributed by atoms with Gasteiger partial charge in [0.15, 0.2) is 0 Å². The summed E-state index contributed by atoms with van der Waals surface area (Å²) in [5.74, 6) is 1.18. The minimum atomic E-state index is 0.274. The first kappa shape index (κ1) is 15.8. The molecule has 0 aromatic heterocycles. The first-order valence-electron chi connectivity index (χ1n) is 8.40. The Morgan fingerprint density at radius 3 is 2.80 bits per heavy atom. The van der Waals surface area contributed by atoms with Gasteiger partial charge in [-0.3, -0.25) is 9.69 Å². The van der Waals surface area contributed by atoms with Crippen molar-refractivity contribution in [1.29, 1.82) is 0 Å². The van der Waals surface area contributed by atoms with Crippen LogP contribution in [0.3, 0.4) is 0 Å². The summed E-state index contributed by atoms with van der Waals surface area (Å²) < 4.78 is 0. The van der Waals surface area contributed by atoms with Crippen molar-refractivity contribution in [2.45, 2.75) is 57.4 Å². The Labute approximate surface area is 123 Å². The van der Waals surface area contributed by atoms with E-state index in [0.717, 1.165) is 31.5 Å². The molecule has 0 spiro atoms. The molecule has 1 heterocycles. The number of fused-ring (bicyclic) bond motifs is 1. The van der Waals surface area contributed by atoms with E-state index in [9.17, 15) is 4.79 Å². The fourth-order valence-electron chi connectivity index (χ4n) is 3.89. The zero-order valence-corrected chi connectivity index (χ0v) is 13.0. The van der Waals surface area contributed by atoms with Gasteiger partial charge in [-0.25, -0.2) is 0 Å². The molecule has 2 aliphatic rings. The summed E-state index contributed by atoms with van der Waals surface area (Å²) in [5.41, 5.74) is 5.49. The van der Waals surface area contributed by atoms with Gasteiger partial charge >= 0.3 is 0 Å². The van der Waals surface area contributed by atoms with E-state index < -0.39 is 0 Å². The average molecular weight is 281 g/mol. The summed E-state index contributed by atoms with van der Waals surface area (Å²) >= 11 is 0. The lowest BCUT2D eigenvalue weighted by molar-refractivity contribution is -0.130. The molecule has 116 valence electrons. The molecule has 2 N–H and O–H groups in total. The van der Waals surface area contributed by atoms with Crippen LogP contribution in [-0.4, -0.2) is 55.0 Å². The number of piperidine rings is 1. The molecule has 0 radical (unpaired) electrons. The third kappa shape index (κ3) is 4.19. The van der Waals surface area contributed by atoms with Gasteiger partial charge in [0.2, 0.25) is 5.91 Å². The molecule has 1 saturated heterocycles. The van der Waals surface area contributed by atoms with E-state index in [0.29, 0.717) is 13.0 Å². The number of likely N-dealkylation sites (tertiary alicyclic amines) is 1. The van der Waals surface area contributed by atoms with Crippen molar-refractivity contribution >= 4 is 5.91 Å². The van der Waals surface area contributed by atoms with Crippen molar-refractivity contribution in [3.05, 3.63) is 0 Å². The quantitative estimate of drug-likeness (QED) is 0.808. The molecular formula is C16H31N3O. The van der Waals surface area contributed by atoms with Crippen LogP contribution in [-0.2, 0) is 4.79 Å². The number of nitrogens with two attached hydrogens (primary N) is 1. The Balaban J connectivity index is 1.76. The highest BCUT2D eigenvalue weighted by Crippen LogP contribution is 2.35. The molecule has 4 nitrogen and oxygen atoms in total. The largest absolute Gasteiger partial charge is 0.346 e. The van der Waals surface area contributed by atoms with Gasteiger partial charge < -0.3 is 10.6 Å². The maximum absolute atomic E-state index is 12.1. The summed E-state index contributed by atoms with van der Waals surface area (Å²) in [6.07, 6.45) is 9.84. The van der Waals surface area contributed by atoms with Gasteiger partial charge in [0.25, 0.3) is 0 Å². The first-order chi connectivity index (χ1) is 9.72. The fourth-order valence-corrected chi connectivity index (χ4v) is 3.89. The molecule has 1 saturated carbocycles. The SMILES string of the molecule is CN(CCCN)C(=O)CCN1CCC[C@H]2CCCC[C@H]21. The van der Waals surface area contributed by atoms with Crippen LogP contribution in [0.4, 0.5) is 0 Å². The Kier molecular flexibility index (Phi) is 6.30. The van der Waals surface area contributed by atoms with Crippen molar-refractivity contribution in [1.82, 2.24) is 9.80 Å². The number of rotatable bonds is 6. The monoisotopic (exact) mass is 281 g/mol. The number of amides is 1. The molecular weight excluding hydrogens is 250 g/mol. The van der Waals surface area contributed by atoms with Gasteiger partial charge in [0.05, 0.1) is 0 Å². The molecule has 2 atom stereocenters. The Bertz CT molecular complexity index is 306. The van der Waals surface area contributed by atoms with Crippen molar-refractivity contribution in [2.75, 3.05) is 33.2 Å². The van der Waals surface area contributed by atoms with E-state index in [-0.39, 0.29) is 5.91 Å². The molecule has 0 aromatic carbocycles. The van der Waals surface area contributed by atoms with Gasteiger partial charge in [0, 0.05) is 32.6 Å². The lowest BCUT2D eigenvalue weighted by Gasteiger charge is -2.44. The highest BCUT2D eigenvalue weighted by molar-refractivity contribution is 5.76. The average Bonchev–Trinajstić information content (AvgIpc) is 2.50. The first-order valence-corrected chi connectivity index (χ1v) is 8.40. The summed E-state index contributed by atoms with van der Waals surface area (Å²) in [4.78, 5) is 16.6. The molecule has 0 bridgehead atoms. The van der Waals surface area contributed by atoms with Crippen molar-refractivity contribution < 1.29 is 4.79 Å². The van der Waals surface area contributed by atoms with Crippen LogP contribution < -0.4 is 5.73 Å². The van der Waals surface area contributed by atoms with Gasteiger partial charge in [0.1, 0.15) is 0 Å². The normalized spacial score (nSPS) is 27.1. The van der Waals surface area contributed by atoms with Crippen LogP contribution in [0.25, 0.3) is 0 Å². The highest BCUT2D eigenvalue weighted by Gasteiger charge is 2.33. The van der Waals surface area contributed by atoms with E-state index in [4.69, 9.17) is 5.73 Å². The van der Waals surface area contributed by atoms with Crippen LogP contribution in [0.2, 0.25) is 0 Å². The van der Waals surface area contributed by atoms with Gasteiger partial charge in [-0.05, 0) is 51.1 Å². The van der Waals surface area contributed by atoms with Crippen LogP contribution in [0.15, 0.2) is 0 Å². The van der Waals surface area contributed by atoms with Gasteiger partial charge in [-0.1, -0.05) is 12.8 Å². The maximum atomic E-state index is 12.1. The minimum absolute atomic E-state index is 0.274. The van der Waals surface area contributed by atoms with Crippen LogP contribution in [0.1, 0.15) is 51.4 Å². The lowest BCUT2D eigenvalue weighted by atomic mass is 9.78. The number of carbonyl (C=O) groups is 1. The molecule has 4 heteroatoms.